The van der Waals surface area contributed by atoms with Gasteiger partial charge in [-0.05, 0) is 38.5 Å². The van der Waals surface area contributed by atoms with Crippen molar-refractivity contribution in [3.8, 4) is 0 Å². The fourth-order valence-electron chi connectivity index (χ4n) is 0.912. The maximum atomic E-state index is 11.6. The topological polar surface area (TPSA) is 17.1 Å². The summed E-state index contributed by atoms with van der Waals surface area (Å²) in [6, 6.07) is 7.69. The van der Waals surface area contributed by atoms with E-state index in [9.17, 15) is 4.21 Å². The van der Waals surface area contributed by atoms with Crippen molar-refractivity contribution in [2.45, 2.75) is 25.7 Å². The Bertz CT molecular complexity index is 391. The molecule has 0 amide bonds. The van der Waals surface area contributed by atoms with Gasteiger partial charge in [0.05, 0.1) is 10.8 Å². The Kier molecular flexibility index (Phi) is 3.87. The highest BCUT2D eigenvalue weighted by Gasteiger charge is 1.97. The van der Waals surface area contributed by atoms with Gasteiger partial charge in [-0.15, -0.1) is 5.73 Å². The van der Waals surface area contributed by atoms with Crippen molar-refractivity contribution in [2.75, 3.05) is 0 Å². The summed E-state index contributed by atoms with van der Waals surface area (Å²) in [4.78, 5) is 0.823. The minimum absolute atomic E-state index is 0.823. The Balaban J connectivity index is 2.91. The smallest absolute Gasteiger partial charge is 0.0854 e. The van der Waals surface area contributed by atoms with E-state index in [1.54, 1.807) is 5.41 Å². The molecule has 1 unspecified atom stereocenters. The molecule has 2 heteroatoms. The van der Waals surface area contributed by atoms with Gasteiger partial charge in [0.1, 0.15) is 0 Å². The molecule has 0 aromatic heterocycles. The van der Waals surface area contributed by atoms with E-state index in [1.165, 1.54) is 5.56 Å². The first-order chi connectivity index (χ1) is 6.59. The number of aryl methyl sites for hydroxylation is 1. The Morgan fingerprint density at radius 3 is 2.36 bits per heavy atom. The lowest BCUT2D eigenvalue weighted by Crippen LogP contribution is -1.85. The number of hydrogen-bond donors (Lipinski definition) is 0. The zero-order valence-electron chi connectivity index (χ0n) is 8.70. The molecule has 0 aliphatic rings. The van der Waals surface area contributed by atoms with Crippen molar-refractivity contribution in [3.05, 3.63) is 46.5 Å². The van der Waals surface area contributed by atoms with Crippen molar-refractivity contribution in [2.24, 2.45) is 0 Å². The maximum absolute atomic E-state index is 11.6. The highest BCUT2D eigenvalue weighted by molar-refractivity contribution is 7.88. The van der Waals surface area contributed by atoms with Crippen LogP contribution in [0, 0.1) is 6.92 Å². The molecule has 1 aromatic carbocycles. The number of benzene rings is 1. The normalized spacial score (nSPS) is 11.6. The van der Waals surface area contributed by atoms with Crippen LogP contribution in [0.3, 0.4) is 0 Å². The molecule has 1 atom stereocenters. The molecule has 1 aromatic rings. The lowest BCUT2D eigenvalue weighted by Gasteiger charge is -1.95. The van der Waals surface area contributed by atoms with Crippen LogP contribution in [-0.4, -0.2) is 4.21 Å². The van der Waals surface area contributed by atoms with Crippen LogP contribution in [0.5, 0.6) is 0 Å². The van der Waals surface area contributed by atoms with E-state index in [4.69, 9.17) is 0 Å². The van der Waals surface area contributed by atoms with Gasteiger partial charge in [0.25, 0.3) is 0 Å². The zero-order valence-corrected chi connectivity index (χ0v) is 9.52. The first-order valence-corrected chi connectivity index (χ1v) is 5.68. The van der Waals surface area contributed by atoms with Crippen LogP contribution in [0.15, 0.2) is 45.9 Å². The minimum Gasteiger partial charge on any atom is -0.249 e. The van der Waals surface area contributed by atoms with Crippen LogP contribution in [0.4, 0.5) is 0 Å². The average Bonchev–Trinajstić information content (AvgIpc) is 2.15. The van der Waals surface area contributed by atoms with Gasteiger partial charge in [-0.1, -0.05) is 17.7 Å². The lowest BCUT2D eigenvalue weighted by atomic mass is 10.2. The molecule has 0 aliphatic heterocycles. The monoisotopic (exact) mass is 206 g/mol. The number of hydrogen-bond acceptors (Lipinski definition) is 1. The van der Waals surface area contributed by atoms with Crippen molar-refractivity contribution in [1.82, 2.24) is 0 Å². The van der Waals surface area contributed by atoms with Crippen LogP contribution >= 0.6 is 0 Å². The van der Waals surface area contributed by atoms with Crippen molar-refractivity contribution in [3.63, 3.8) is 0 Å². The summed E-state index contributed by atoms with van der Waals surface area (Å²) in [6.45, 7) is 5.88. The van der Waals surface area contributed by atoms with Crippen molar-refractivity contribution in [1.29, 1.82) is 0 Å². The maximum Gasteiger partial charge on any atom is 0.0854 e. The standard InChI is InChI=1S/C12H14OS/c1-10(2)8-9-14(13)12-6-4-11(3)5-7-12/h4-7,9H,1-3H3. The summed E-state index contributed by atoms with van der Waals surface area (Å²) < 4.78 is 11.6. The molecule has 0 fully saturated rings. The molecule has 0 saturated carbocycles. The lowest BCUT2D eigenvalue weighted by molar-refractivity contribution is 0.688. The molecular weight excluding hydrogens is 192 g/mol. The van der Waals surface area contributed by atoms with Crippen LogP contribution in [0.25, 0.3) is 0 Å². The predicted molar refractivity (Wildman–Crippen MR) is 60.5 cm³/mol. The zero-order chi connectivity index (χ0) is 10.6. The van der Waals surface area contributed by atoms with Crippen LogP contribution in [0.1, 0.15) is 19.4 Å². The summed E-state index contributed by atoms with van der Waals surface area (Å²) >= 11 is 0. The number of allylic oxidation sites excluding steroid dienone is 1. The van der Waals surface area contributed by atoms with Crippen molar-refractivity contribution < 1.29 is 4.21 Å². The fraction of sp³-hybridized carbons (Fsp3) is 0.250. The van der Waals surface area contributed by atoms with E-state index in [0.717, 1.165) is 10.5 Å². The molecule has 74 valence electrons. The van der Waals surface area contributed by atoms with Gasteiger partial charge in [0.15, 0.2) is 0 Å². The third-order valence-electron chi connectivity index (χ3n) is 1.71. The van der Waals surface area contributed by atoms with Gasteiger partial charge in [0.2, 0.25) is 0 Å². The minimum atomic E-state index is -1.07. The molecule has 0 aliphatic carbocycles. The highest BCUT2D eigenvalue weighted by Crippen LogP contribution is 2.08. The van der Waals surface area contributed by atoms with Crippen LogP contribution in [-0.2, 0) is 10.8 Å². The molecule has 14 heavy (non-hydrogen) atoms. The van der Waals surface area contributed by atoms with Gasteiger partial charge in [0, 0.05) is 10.3 Å². The summed E-state index contributed by atoms with van der Waals surface area (Å²) in [6.07, 6.45) is 0. The number of rotatable bonds is 2. The Morgan fingerprint density at radius 1 is 1.29 bits per heavy atom. The Hall–Kier alpha value is -1.11. The van der Waals surface area contributed by atoms with Crippen LogP contribution in [0.2, 0.25) is 0 Å². The molecule has 1 rings (SSSR count). The Labute approximate surface area is 87.6 Å². The first-order valence-electron chi connectivity index (χ1n) is 4.47. The van der Waals surface area contributed by atoms with Gasteiger partial charge < -0.3 is 0 Å². The molecule has 0 heterocycles. The molecule has 0 saturated heterocycles. The van der Waals surface area contributed by atoms with E-state index >= 15 is 0 Å². The van der Waals surface area contributed by atoms with Crippen LogP contribution < -0.4 is 0 Å². The SMILES string of the molecule is CC(C)=C=CS(=O)c1ccc(C)cc1. The first kappa shape index (κ1) is 11.0. The molecule has 0 bridgehead atoms. The third kappa shape index (κ3) is 3.33. The van der Waals surface area contributed by atoms with E-state index in [1.807, 2.05) is 45.0 Å². The van der Waals surface area contributed by atoms with E-state index in [0.29, 0.717) is 0 Å². The predicted octanol–water partition coefficient (Wildman–Crippen LogP) is 3.18. The molecule has 1 nitrogen and oxygen atoms in total. The molecule has 0 N–H and O–H groups in total. The molecule has 0 spiro atoms. The molecular formula is C12H14OS. The largest absolute Gasteiger partial charge is 0.249 e. The van der Waals surface area contributed by atoms with E-state index in [2.05, 4.69) is 5.73 Å². The van der Waals surface area contributed by atoms with Crippen molar-refractivity contribution >= 4 is 10.8 Å². The summed E-state index contributed by atoms with van der Waals surface area (Å²) in [5.74, 6) is 0. The summed E-state index contributed by atoms with van der Waals surface area (Å²) in [5, 5.41) is 1.60. The quantitative estimate of drug-likeness (QED) is 0.679. The third-order valence-corrected chi connectivity index (χ3v) is 2.78. The summed E-state index contributed by atoms with van der Waals surface area (Å²) in [5.41, 5.74) is 5.16. The second-order valence-electron chi connectivity index (χ2n) is 3.37. The second-order valence-corrected chi connectivity index (χ2v) is 4.67. The molecule has 0 radical (unpaired) electrons. The van der Waals surface area contributed by atoms with E-state index in [-0.39, 0.29) is 0 Å². The fourth-order valence-corrected chi connectivity index (χ4v) is 1.79. The average molecular weight is 206 g/mol. The van der Waals surface area contributed by atoms with Gasteiger partial charge in [-0.25, -0.2) is 4.21 Å². The van der Waals surface area contributed by atoms with Gasteiger partial charge >= 0.3 is 0 Å². The highest BCUT2D eigenvalue weighted by atomic mass is 32.2. The second kappa shape index (κ2) is 4.94. The summed E-state index contributed by atoms with van der Waals surface area (Å²) in [7, 11) is -1.07. The Morgan fingerprint density at radius 2 is 1.86 bits per heavy atom. The van der Waals surface area contributed by atoms with Gasteiger partial charge in [-0.2, -0.15) is 0 Å². The van der Waals surface area contributed by atoms with Gasteiger partial charge in [-0.3, -0.25) is 0 Å². The van der Waals surface area contributed by atoms with E-state index < -0.39 is 10.8 Å².